The summed E-state index contributed by atoms with van der Waals surface area (Å²) in [5, 5.41) is 11.9. The summed E-state index contributed by atoms with van der Waals surface area (Å²) in [4.78, 5) is 10.8. The Bertz CT molecular complexity index is 198. The van der Waals surface area contributed by atoms with Crippen LogP contribution in [0.15, 0.2) is 0 Å². The molecule has 0 aliphatic carbocycles. The van der Waals surface area contributed by atoms with Crippen LogP contribution >= 0.6 is 0 Å². The van der Waals surface area contributed by atoms with Crippen LogP contribution in [0.4, 0.5) is 0 Å². The fraction of sp³-hybridized carbons (Fsp3) is 0.900. The molecule has 2 N–H and O–H groups in total. The molecule has 0 spiro atoms. The summed E-state index contributed by atoms with van der Waals surface area (Å²) < 4.78 is 5.50. The van der Waals surface area contributed by atoms with E-state index in [4.69, 9.17) is 9.84 Å². The van der Waals surface area contributed by atoms with E-state index in [2.05, 4.69) is 5.32 Å². The van der Waals surface area contributed by atoms with Crippen LogP contribution in [0.1, 0.15) is 33.1 Å². The number of carboxylic acid groups (broad SMARTS) is 1. The molecular formula is C10H19NO3. The van der Waals surface area contributed by atoms with Gasteiger partial charge in [0.2, 0.25) is 0 Å². The van der Waals surface area contributed by atoms with Crippen molar-refractivity contribution in [3.63, 3.8) is 0 Å². The first-order chi connectivity index (χ1) is 6.52. The van der Waals surface area contributed by atoms with Gasteiger partial charge in [-0.3, -0.25) is 10.1 Å². The van der Waals surface area contributed by atoms with E-state index in [1.165, 1.54) is 6.42 Å². The molecule has 4 heteroatoms. The normalized spacial score (nSPS) is 23.4. The summed E-state index contributed by atoms with van der Waals surface area (Å²) in [6, 6.07) is 0. The van der Waals surface area contributed by atoms with Gasteiger partial charge in [-0.2, -0.15) is 0 Å². The lowest BCUT2D eigenvalue weighted by Crippen LogP contribution is -2.50. The second kappa shape index (κ2) is 4.75. The summed E-state index contributed by atoms with van der Waals surface area (Å²) in [6.45, 7) is 4.76. The fourth-order valence-electron chi connectivity index (χ4n) is 1.41. The molecule has 1 unspecified atom stereocenters. The monoisotopic (exact) mass is 201 g/mol. The quantitative estimate of drug-likeness (QED) is 0.712. The van der Waals surface area contributed by atoms with Crippen molar-refractivity contribution in [2.24, 2.45) is 0 Å². The molecule has 0 bridgehead atoms. The zero-order valence-electron chi connectivity index (χ0n) is 8.88. The number of aliphatic carboxylic acids is 1. The number of hydrogen-bond acceptors (Lipinski definition) is 3. The van der Waals surface area contributed by atoms with Crippen LogP contribution < -0.4 is 5.32 Å². The van der Waals surface area contributed by atoms with Crippen molar-refractivity contribution < 1.29 is 14.6 Å². The molecule has 0 saturated carbocycles. The Balaban J connectivity index is 2.28. The molecule has 0 aromatic rings. The van der Waals surface area contributed by atoms with Crippen LogP contribution in [-0.4, -0.2) is 35.9 Å². The zero-order chi connectivity index (χ0) is 10.6. The predicted molar refractivity (Wildman–Crippen MR) is 53.3 cm³/mol. The highest BCUT2D eigenvalue weighted by Gasteiger charge is 2.27. The zero-order valence-corrected chi connectivity index (χ0v) is 8.88. The molecule has 1 heterocycles. The van der Waals surface area contributed by atoms with Gasteiger partial charge in [-0.25, -0.2) is 0 Å². The van der Waals surface area contributed by atoms with E-state index in [1.807, 2.05) is 0 Å². The lowest BCUT2D eigenvalue weighted by molar-refractivity contribution is -0.143. The van der Waals surface area contributed by atoms with Crippen molar-refractivity contribution in [3.8, 4) is 0 Å². The molecule has 0 aromatic carbocycles. The number of ether oxygens (including phenoxy) is 1. The fourth-order valence-corrected chi connectivity index (χ4v) is 1.41. The van der Waals surface area contributed by atoms with E-state index in [9.17, 15) is 4.79 Å². The van der Waals surface area contributed by atoms with E-state index in [1.54, 1.807) is 13.8 Å². The van der Waals surface area contributed by atoms with Crippen LogP contribution in [0.2, 0.25) is 0 Å². The van der Waals surface area contributed by atoms with E-state index < -0.39 is 11.5 Å². The van der Waals surface area contributed by atoms with Crippen molar-refractivity contribution in [2.45, 2.75) is 44.8 Å². The summed E-state index contributed by atoms with van der Waals surface area (Å²) in [5.41, 5.74) is -0.860. The first-order valence-corrected chi connectivity index (χ1v) is 5.12. The first-order valence-electron chi connectivity index (χ1n) is 5.12. The SMILES string of the molecule is CC(C)(NCC1CCCCO1)C(=O)O. The molecule has 1 aliphatic rings. The van der Waals surface area contributed by atoms with Crippen molar-refractivity contribution in [3.05, 3.63) is 0 Å². The van der Waals surface area contributed by atoms with Gasteiger partial charge in [0.1, 0.15) is 5.54 Å². The molecule has 1 atom stereocenters. The Morgan fingerprint density at radius 2 is 2.29 bits per heavy atom. The molecule has 1 fully saturated rings. The van der Waals surface area contributed by atoms with Crippen molar-refractivity contribution >= 4 is 5.97 Å². The lowest BCUT2D eigenvalue weighted by atomic mass is 10.0. The van der Waals surface area contributed by atoms with Gasteiger partial charge in [-0.1, -0.05) is 0 Å². The Morgan fingerprint density at radius 3 is 2.79 bits per heavy atom. The third-order valence-electron chi connectivity index (χ3n) is 2.58. The standard InChI is InChI=1S/C10H19NO3/c1-10(2,9(12)13)11-7-8-5-3-4-6-14-8/h8,11H,3-7H2,1-2H3,(H,12,13). The minimum atomic E-state index is -0.860. The summed E-state index contributed by atoms with van der Waals surface area (Å²) in [7, 11) is 0. The second-order valence-corrected chi connectivity index (χ2v) is 4.30. The van der Waals surface area contributed by atoms with Gasteiger partial charge in [-0.05, 0) is 33.1 Å². The molecule has 14 heavy (non-hydrogen) atoms. The van der Waals surface area contributed by atoms with E-state index in [0.717, 1.165) is 19.4 Å². The molecule has 1 rings (SSSR count). The Hall–Kier alpha value is -0.610. The molecular weight excluding hydrogens is 182 g/mol. The Kier molecular flexibility index (Phi) is 3.89. The van der Waals surface area contributed by atoms with Gasteiger partial charge in [0, 0.05) is 13.2 Å². The molecule has 1 aliphatic heterocycles. The Labute approximate surface area is 84.6 Å². The summed E-state index contributed by atoms with van der Waals surface area (Å²) in [6.07, 6.45) is 3.52. The molecule has 0 radical (unpaired) electrons. The highest BCUT2D eigenvalue weighted by molar-refractivity contribution is 5.77. The van der Waals surface area contributed by atoms with Gasteiger partial charge in [0.15, 0.2) is 0 Å². The average molecular weight is 201 g/mol. The Morgan fingerprint density at radius 1 is 1.57 bits per heavy atom. The van der Waals surface area contributed by atoms with E-state index in [-0.39, 0.29) is 6.10 Å². The number of hydrogen-bond donors (Lipinski definition) is 2. The third-order valence-corrected chi connectivity index (χ3v) is 2.58. The summed E-state index contributed by atoms with van der Waals surface area (Å²) in [5.74, 6) is -0.826. The topological polar surface area (TPSA) is 58.6 Å². The van der Waals surface area contributed by atoms with Gasteiger partial charge in [0.25, 0.3) is 0 Å². The highest BCUT2D eigenvalue weighted by Crippen LogP contribution is 2.13. The highest BCUT2D eigenvalue weighted by atomic mass is 16.5. The molecule has 0 amide bonds. The maximum Gasteiger partial charge on any atom is 0.323 e. The largest absolute Gasteiger partial charge is 0.480 e. The first kappa shape index (κ1) is 11.5. The average Bonchev–Trinajstić information content (AvgIpc) is 2.16. The number of rotatable bonds is 4. The predicted octanol–water partition coefficient (Wildman–Crippen LogP) is 1.01. The van der Waals surface area contributed by atoms with Crippen molar-refractivity contribution in [2.75, 3.05) is 13.2 Å². The van der Waals surface area contributed by atoms with Crippen LogP contribution in [0.5, 0.6) is 0 Å². The van der Waals surface area contributed by atoms with Crippen LogP contribution in [0.25, 0.3) is 0 Å². The minimum absolute atomic E-state index is 0.183. The van der Waals surface area contributed by atoms with E-state index >= 15 is 0 Å². The van der Waals surface area contributed by atoms with Gasteiger partial charge in [-0.15, -0.1) is 0 Å². The molecule has 82 valence electrons. The minimum Gasteiger partial charge on any atom is -0.480 e. The molecule has 0 aromatic heterocycles. The maximum atomic E-state index is 10.8. The maximum absolute atomic E-state index is 10.8. The van der Waals surface area contributed by atoms with Crippen LogP contribution in [0.3, 0.4) is 0 Å². The number of carboxylic acids is 1. The van der Waals surface area contributed by atoms with Crippen LogP contribution in [-0.2, 0) is 9.53 Å². The number of nitrogens with one attached hydrogen (secondary N) is 1. The van der Waals surface area contributed by atoms with Crippen molar-refractivity contribution in [1.29, 1.82) is 0 Å². The number of carbonyl (C=O) groups is 1. The van der Waals surface area contributed by atoms with Gasteiger partial charge in [0.05, 0.1) is 6.10 Å². The smallest absolute Gasteiger partial charge is 0.323 e. The van der Waals surface area contributed by atoms with Gasteiger partial charge >= 0.3 is 5.97 Å². The third kappa shape index (κ3) is 3.27. The molecule has 1 saturated heterocycles. The molecule has 4 nitrogen and oxygen atoms in total. The van der Waals surface area contributed by atoms with Crippen molar-refractivity contribution in [1.82, 2.24) is 5.32 Å². The van der Waals surface area contributed by atoms with Gasteiger partial charge < -0.3 is 9.84 Å². The second-order valence-electron chi connectivity index (χ2n) is 4.30. The van der Waals surface area contributed by atoms with Crippen LogP contribution in [0, 0.1) is 0 Å². The summed E-state index contributed by atoms with van der Waals surface area (Å²) >= 11 is 0. The lowest BCUT2D eigenvalue weighted by Gasteiger charge is -2.27. The van der Waals surface area contributed by atoms with E-state index in [0.29, 0.717) is 6.54 Å².